The first kappa shape index (κ1) is 21.4. The molecule has 8 nitrogen and oxygen atoms in total. The van der Waals surface area contributed by atoms with Gasteiger partial charge in [0.05, 0.1) is 13.2 Å². The highest BCUT2D eigenvalue weighted by molar-refractivity contribution is 6.06. The van der Waals surface area contributed by atoms with Gasteiger partial charge < -0.3 is 13.9 Å². The van der Waals surface area contributed by atoms with Crippen LogP contribution in [0.25, 0.3) is 33.3 Å². The zero-order chi connectivity index (χ0) is 23.5. The van der Waals surface area contributed by atoms with Crippen molar-refractivity contribution >= 4 is 33.8 Å². The average molecular weight is 455 g/mol. The molecule has 2 heterocycles. The van der Waals surface area contributed by atoms with Crippen molar-refractivity contribution in [3.8, 4) is 17.0 Å². The molecule has 0 aliphatic heterocycles. The molecule has 0 spiro atoms. The van der Waals surface area contributed by atoms with Crippen LogP contribution in [0, 0.1) is 0 Å². The Labute approximate surface area is 194 Å². The van der Waals surface area contributed by atoms with Crippen molar-refractivity contribution in [2.45, 2.75) is 6.54 Å². The minimum atomic E-state index is -0.600. The first-order valence-electron chi connectivity index (χ1n) is 10.7. The van der Waals surface area contributed by atoms with Crippen LogP contribution in [0.5, 0.6) is 5.75 Å². The number of fused-ring (bicyclic) bond motifs is 3. The lowest BCUT2D eigenvalue weighted by molar-refractivity contribution is 0.187. The zero-order valence-corrected chi connectivity index (χ0v) is 18.4. The van der Waals surface area contributed by atoms with Crippen molar-refractivity contribution in [3.63, 3.8) is 0 Å². The number of furan rings is 1. The Morgan fingerprint density at radius 1 is 1.00 bits per heavy atom. The quantitative estimate of drug-likeness (QED) is 0.384. The molecule has 0 saturated heterocycles. The van der Waals surface area contributed by atoms with Gasteiger partial charge in [0.25, 0.3) is 0 Å². The molecular formula is C26H21N3O5. The highest BCUT2D eigenvalue weighted by Crippen LogP contribution is 2.33. The van der Waals surface area contributed by atoms with Crippen molar-refractivity contribution in [3.05, 3.63) is 89.3 Å². The van der Waals surface area contributed by atoms with Crippen LogP contribution in [-0.2, 0) is 11.3 Å². The van der Waals surface area contributed by atoms with E-state index >= 15 is 0 Å². The minimum Gasteiger partial charge on any atom is -0.452 e. The first-order chi connectivity index (χ1) is 16.6. The number of amides is 1. The summed E-state index contributed by atoms with van der Waals surface area (Å²) in [6, 6.07) is 23.3. The molecule has 34 heavy (non-hydrogen) atoms. The normalized spacial score (nSPS) is 11.1. The number of para-hydroxylation sites is 2. The number of rotatable bonds is 6. The largest absolute Gasteiger partial charge is 0.452 e. The lowest BCUT2D eigenvalue weighted by Gasteiger charge is -2.10. The lowest BCUT2D eigenvalue weighted by atomic mass is 10.1. The van der Waals surface area contributed by atoms with Crippen molar-refractivity contribution in [1.82, 2.24) is 9.55 Å². The second kappa shape index (κ2) is 9.21. The van der Waals surface area contributed by atoms with Crippen molar-refractivity contribution in [1.29, 1.82) is 0 Å². The standard InChI is InChI=1S/C26H21N3O5/c1-32-16-15-29-23-20-9-5-6-10-21(20)34-24(23)22(28-25(29)30)17-11-13-18(14-12-17)27-26(31)33-19-7-3-2-4-8-19/h2-14H,15-16H2,1H3,(H,27,31). The molecule has 0 aliphatic carbocycles. The van der Waals surface area contributed by atoms with E-state index in [1.807, 2.05) is 30.3 Å². The SMILES string of the molecule is COCCn1c(=O)nc(-c2ccc(NC(=O)Oc3ccccc3)cc2)c2oc3ccccc3c21. The fourth-order valence-electron chi connectivity index (χ4n) is 3.80. The van der Waals surface area contributed by atoms with E-state index in [0.717, 1.165) is 5.39 Å². The van der Waals surface area contributed by atoms with E-state index in [-0.39, 0.29) is 5.69 Å². The van der Waals surface area contributed by atoms with Gasteiger partial charge in [0.15, 0.2) is 5.58 Å². The molecular weight excluding hydrogens is 434 g/mol. The smallest absolute Gasteiger partial charge is 0.417 e. The summed E-state index contributed by atoms with van der Waals surface area (Å²) in [5, 5.41) is 3.52. The molecule has 5 rings (SSSR count). The Kier molecular flexibility index (Phi) is 5.80. The molecule has 0 aliphatic rings. The van der Waals surface area contributed by atoms with Gasteiger partial charge in [-0.2, -0.15) is 4.98 Å². The molecule has 0 atom stereocenters. The molecule has 3 aromatic carbocycles. The molecule has 0 bridgehead atoms. The summed E-state index contributed by atoms with van der Waals surface area (Å²) in [7, 11) is 1.59. The monoisotopic (exact) mass is 455 g/mol. The third kappa shape index (κ3) is 4.14. The summed E-state index contributed by atoms with van der Waals surface area (Å²) >= 11 is 0. The molecule has 1 N–H and O–H groups in total. The first-order valence-corrected chi connectivity index (χ1v) is 10.7. The van der Waals surface area contributed by atoms with Gasteiger partial charge in [-0.25, -0.2) is 9.59 Å². The van der Waals surface area contributed by atoms with Gasteiger partial charge in [-0.3, -0.25) is 9.88 Å². The number of nitrogens with zero attached hydrogens (tertiary/aromatic N) is 2. The van der Waals surface area contributed by atoms with Crippen LogP contribution in [0.15, 0.2) is 88.1 Å². The molecule has 1 amide bonds. The van der Waals surface area contributed by atoms with Crippen LogP contribution in [0.3, 0.4) is 0 Å². The maximum atomic E-state index is 12.9. The number of hydrogen-bond acceptors (Lipinski definition) is 6. The summed E-state index contributed by atoms with van der Waals surface area (Å²) < 4.78 is 18.1. The third-order valence-electron chi connectivity index (χ3n) is 5.37. The van der Waals surface area contributed by atoms with Crippen LogP contribution < -0.4 is 15.7 Å². The molecule has 8 heteroatoms. The highest BCUT2D eigenvalue weighted by atomic mass is 16.6. The zero-order valence-electron chi connectivity index (χ0n) is 18.4. The minimum absolute atomic E-state index is 0.356. The number of carbonyl (C=O) groups is 1. The van der Waals surface area contributed by atoms with Crippen LogP contribution in [0.4, 0.5) is 10.5 Å². The van der Waals surface area contributed by atoms with Crippen LogP contribution >= 0.6 is 0 Å². The fraction of sp³-hybridized carbons (Fsp3) is 0.115. The number of methoxy groups -OCH3 is 1. The summed E-state index contributed by atoms with van der Waals surface area (Å²) in [6.07, 6.45) is -0.600. The van der Waals surface area contributed by atoms with Crippen LogP contribution in [0.1, 0.15) is 0 Å². The number of hydrogen-bond donors (Lipinski definition) is 1. The maximum Gasteiger partial charge on any atom is 0.417 e. The molecule has 0 unspecified atom stereocenters. The number of benzene rings is 3. The molecule has 0 radical (unpaired) electrons. The molecule has 2 aromatic heterocycles. The van der Waals surface area contributed by atoms with E-state index in [4.69, 9.17) is 13.9 Å². The van der Waals surface area contributed by atoms with Crippen LogP contribution in [-0.4, -0.2) is 29.4 Å². The highest BCUT2D eigenvalue weighted by Gasteiger charge is 2.19. The predicted molar refractivity (Wildman–Crippen MR) is 129 cm³/mol. The maximum absolute atomic E-state index is 12.9. The van der Waals surface area contributed by atoms with Gasteiger partial charge in [-0.05, 0) is 36.4 Å². The van der Waals surface area contributed by atoms with E-state index in [0.29, 0.717) is 52.5 Å². The predicted octanol–water partition coefficient (Wildman–Crippen LogP) is 5.07. The Bertz CT molecular complexity index is 1520. The van der Waals surface area contributed by atoms with E-state index < -0.39 is 6.09 Å². The number of carbonyl (C=O) groups excluding carboxylic acids is 1. The Morgan fingerprint density at radius 3 is 2.50 bits per heavy atom. The topological polar surface area (TPSA) is 95.6 Å². The molecule has 170 valence electrons. The van der Waals surface area contributed by atoms with Gasteiger partial charge in [0.2, 0.25) is 0 Å². The van der Waals surface area contributed by atoms with Crippen LogP contribution in [0.2, 0.25) is 0 Å². The fourth-order valence-corrected chi connectivity index (χ4v) is 3.80. The van der Waals surface area contributed by atoms with Gasteiger partial charge >= 0.3 is 11.8 Å². The Morgan fingerprint density at radius 2 is 1.74 bits per heavy atom. The van der Waals surface area contributed by atoms with Crippen molar-refractivity contribution in [2.75, 3.05) is 19.0 Å². The van der Waals surface area contributed by atoms with Gasteiger partial charge in [0.1, 0.15) is 22.5 Å². The number of nitrogens with one attached hydrogen (secondary N) is 1. The number of aromatic nitrogens is 2. The summed E-state index contributed by atoms with van der Waals surface area (Å²) in [6.45, 7) is 0.726. The summed E-state index contributed by atoms with van der Waals surface area (Å²) in [5.74, 6) is 0.446. The van der Waals surface area contributed by atoms with E-state index in [1.54, 1.807) is 60.2 Å². The van der Waals surface area contributed by atoms with E-state index in [1.165, 1.54) is 0 Å². The molecule has 0 fully saturated rings. The molecule has 0 saturated carbocycles. The van der Waals surface area contributed by atoms with E-state index in [2.05, 4.69) is 10.3 Å². The second-order valence-electron chi connectivity index (χ2n) is 7.57. The Hall–Kier alpha value is -4.43. The summed E-state index contributed by atoms with van der Waals surface area (Å²) in [4.78, 5) is 29.4. The number of ether oxygens (including phenoxy) is 2. The molecule has 5 aromatic rings. The van der Waals surface area contributed by atoms with Gasteiger partial charge in [-0.15, -0.1) is 0 Å². The summed E-state index contributed by atoms with van der Waals surface area (Å²) in [5.41, 5.74) is 3.13. The average Bonchev–Trinajstić information content (AvgIpc) is 3.24. The third-order valence-corrected chi connectivity index (χ3v) is 5.37. The Balaban J connectivity index is 1.49. The van der Waals surface area contributed by atoms with Gasteiger partial charge in [0, 0.05) is 23.7 Å². The van der Waals surface area contributed by atoms with Crippen molar-refractivity contribution < 1.29 is 18.7 Å². The second-order valence-corrected chi connectivity index (χ2v) is 7.57. The number of anilines is 1. The van der Waals surface area contributed by atoms with Gasteiger partial charge in [-0.1, -0.05) is 42.5 Å². The van der Waals surface area contributed by atoms with E-state index in [9.17, 15) is 9.59 Å². The van der Waals surface area contributed by atoms with Crippen molar-refractivity contribution in [2.24, 2.45) is 0 Å². The lowest BCUT2D eigenvalue weighted by Crippen LogP contribution is -2.25.